The first-order chi connectivity index (χ1) is 16.7. The molecule has 2 heterocycles. The molecule has 0 fully saturated rings. The normalized spacial score (nSPS) is 11.7. The van der Waals surface area contributed by atoms with Crippen molar-refractivity contribution in [3.05, 3.63) is 112 Å². The molecule has 0 unspecified atom stereocenters. The number of hydrogen-bond acceptors (Lipinski definition) is 3. The predicted molar refractivity (Wildman–Crippen MR) is 139 cm³/mol. The van der Waals surface area contributed by atoms with E-state index in [9.17, 15) is 9.90 Å². The molecule has 0 spiro atoms. The van der Waals surface area contributed by atoms with Crippen LogP contribution >= 0.6 is 0 Å². The van der Waals surface area contributed by atoms with Crippen molar-refractivity contribution < 1.29 is 5.11 Å². The molecule has 170 valence electrons. The highest BCUT2D eigenvalue weighted by atomic mass is 16.3. The Labute approximate surface area is 198 Å². The van der Waals surface area contributed by atoms with Crippen LogP contribution in [0.3, 0.4) is 0 Å². The zero-order valence-corrected chi connectivity index (χ0v) is 19.2. The van der Waals surface area contributed by atoms with Crippen molar-refractivity contribution in [1.29, 1.82) is 0 Å². The van der Waals surface area contributed by atoms with Gasteiger partial charge in [0.25, 0.3) is 5.56 Å². The first kappa shape index (κ1) is 21.9. The lowest BCUT2D eigenvalue weighted by atomic mass is 10.1. The van der Waals surface area contributed by atoms with Crippen molar-refractivity contribution in [2.24, 2.45) is 0 Å². The topological polar surface area (TPSA) is 60.1 Å². The molecule has 0 saturated carbocycles. The van der Waals surface area contributed by atoms with E-state index in [1.807, 2.05) is 30.3 Å². The Morgan fingerprint density at radius 2 is 1.56 bits per heavy atom. The smallest absolute Gasteiger partial charge is 0.261 e. The molecule has 0 aliphatic heterocycles. The van der Waals surface area contributed by atoms with E-state index in [2.05, 4.69) is 66.1 Å². The van der Waals surface area contributed by atoms with Crippen LogP contribution in [0.25, 0.3) is 34.0 Å². The van der Waals surface area contributed by atoms with Crippen molar-refractivity contribution in [3.63, 3.8) is 0 Å². The molecule has 0 amide bonds. The first-order valence-electron chi connectivity index (χ1n) is 11.6. The molecule has 2 aromatic heterocycles. The van der Waals surface area contributed by atoms with Crippen LogP contribution in [0.2, 0.25) is 0 Å². The minimum Gasteiger partial charge on any atom is -0.396 e. The van der Waals surface area contributed by atoms with E-state index in [-0.39, 0.29) is 12.2 Å². The van der Waals surface area contributed by atoms with E-state index in [1.165, 1.54) is 11.1 Å². The number of rotatable bonds is 7. The molecule has 5 nitrogen and oxygen atoms in total. The third kappa shape index (κ3) is 4.06. The van der Waals surface area contributed by atoms with Crippen LogP contribution in [-0.2, 0) is 13.1 Å². The predicted octanol–water partition coefficient (Wildman–Crippen LogP) is 5.26. The molecule has 5 aromatic rings. The second kappa shape index (κ2) is 9.49. The van der Waals surface area contributed by atoms with E-state index in [1.54, 1.807) is 10.6 Å². The van der Waals surface area contributed by atoms with Crippen LogP contribution in [0.4, 0.5) is 0 Å². The second-order valence-electron chi connectivity index (χ2n) is 8.44. The van der Waals surface area contributed by atoms with E-state index in [0.717, 1.165) is 23.2 Å². The molecule has 5 heteroatoms. The molecule has 3 aromatic carbocycles. The quantitative estimate of drug-likeness (QED) is 0.369. The van der Waals surface area contributed by atoms with Gasteiger partial charge < -0.3 is 9.67 Å². The zero-order valence-electron chi connectivity index (χ0n) is 19.2. The summed E-state index contributed by atoms with van der Waals surface area (Å²) in [7, 11) is 0. The SMILES string of the molecule is Cc1c(/C=C/c2nc3ccccc3c(=O)n2CCCO)c2ccccc2n1Cc1ccccc1. The first-order valence-corrected chi connectivity index (χ1v) is 11.6. The minimum absolute atomic E-state index is 0.0223. The van der Waals surface area contributed by atoms with E-state index in [4.69, 9.17) is 4.98 Å². The van der Waals surface area contributed by atoms with E-state index >= 15 is 0 Å². The van der Waals surface area contributed by atoms with Gasteiger partial charge in [0.15, 0.2) is 0 Å². The summed E-state index contributed by atoms with van der Waals surface area (Å²) in [4.78, 5) is 17.9. The summed E-state index contributed by atoms with van der Waals surface area (Å²) in [5.74, 6) is 0.594. The zero-order chi connectivity index (χ0) is 23.5. The number of fused-ring (bicyclic) bond motifs is 2. The summed E-state index contributed by atoms with van der Waals surface area (Å²) >= 11 is 0. The lowest BCUT2D eigenvalue weighted by molar-refractivity contribution is 0.278. The van der Waals surface area contributed by atoms with Crippen molar-refractivity contribution in [2.75, 3.05) is 6.61 Å². The fourth-order valence-electron chi connectivity index (χ4n) is 4.55. The average molecular weight is 450 g/mol. The molecule has 0 aliphatic rings. The summed E-state index contributed by atoms with van der Waals surface area (Å²) in [5, 5.41) is 11.1. The van der Waals surface area contributed by atoms with Crippen molar-refractivity contribution in [2.45, 2.75) is 26.4 Å². The van der Waals surface area contributed by atoms with Gasteiger partial charge in [-0.05, 0) is 49.3 Å². The molecular weight excluding hydrogens is 422 g/mol. The van der Waals surface area contributed by atoms with Crippen LogP contribution in [0, 0.1) is 6.92 Å². The van der Waals surface area contributed by atoms with E-state index < -0.39 is 0 Å². The maximum Gasteiger partial charge on any atom is 0.261 e. The second-order valence-corrected chi connectivity index (χ2v) is 8.44. The van der Waals surface area contributed by atoms with Crippen molar-refractivity contribution >= 4 is 34.0 Å². The van der Waals surface area contributed by atoms with Gasteiger partial charge in [-0.2, -0.15) is 0 Å². The minimum atomic E-state index is -0.0815. The standard InChI is InChI=1S/C29H27N3O2/c1-21-23(24-12-6-8-15-27(24)32(21)20-22-10-3-2-4-11-22)16-17-28-30-26-14-7-5-13-25(26)29(34)31(28)18-9-19-33/h2-8,10-17,33H,9,18-20H2,1H3/b17-16+. The van der Waals surface area contributed by atoms with Crippen LogP contribution in [0.15, 0.2) is 83.7 Å². The van der Waals surface area contributed by atoms with Crippen LogP contribution in [-0.4, -0.2) is 25.8 Å². The number of aliphatic hydroxyl groups excluding tert-OH is 1. The third-order valence-electron chi connectivity index (χ3n) is 6.29. The summed E-state index contributed by atoms with van der Waals surface area (Å²) in [6.07, 6.45) is 4.48. The average Bonchev–Trinajstić information content (AvgIpc) is 3.13. The Balaban J connectivity index is 1.62. The van der Waals surface area contributed by atoms with Gasteiger partial charge in [-0.1, -0.05) is 60.7 Å². The Morgan fingerprint density at radius 3 is 2.35 bits per heavy atom. The molecule has 0 radical (unpaired) electrons. The molecular formula is C29H27N3O2. The number of benzene rings is 3. The Kier molecular flexibility index (Phi) is 6.11. The van der Waals surface area contributed by atoms with Crippen molar-refractivity contribution in [3.8, 4) is 0 Å². The molecule has 0 saturated heterocycles. The molecule has 5 rings (SSSR count). The fraction of sp³-hybridized carbons (Fsp3) is 0.172. The molecule has 0 aliphatic carbocycles. The van der Waals surface area contributed by atoms with Gasteiger partial charge in [-0.3, -0.25) is 9.36 Å². The van der Waals surface area contributed by atoms with Gasteiger partial charge in [0.05, 0.1) is 10.9 Å². The highest BCUT2D eigenvalue weighted by Crippen LogP contribution is 2.28. The number of aliphatic hydroxyl groups is 1. The summed E-state index contributed by atoms with van der Waals surface area (Å²) < 4.78 is 3.99. The lowest BCUT2D eigenvalue weighted by Gasteiger charge is -2.11. The maximum absolute atomic E-state index is 13.2. The molecule has 0 bridgehead atoms. The Bertz CT molecular complexity index is 1550. The maximum atomic E-state index is 13.2. The highest BCUT2D eigenvalue weighted by molar-refractivity contribution is 5.93. The van der Waals surface area contributed by atoms with Crippen LogP contribution in [0.5, 0.6) is 0 Å². The molecule has 34 heavy (non-hydrogen) atoms. The largest absolute Gasteiger partial charge is 0.396 e. The van der Waals surface area contributed by atoms with Gasteiger partial charge in [0.1, 0.15) is 5.82 Å². The Morgan fingerprint density at radius 1 is 0.853 bits per heavy atom. The number of para-hydroxylation sites is 2. The van der Waals surface area contributed by atoms with E-state index in [0.29, 0.717) is 29.7 Å². The van der Waals surface area contributed by atoms with Crippen LogP contribution < -0.4 is 5.56 Å². The van der Waals surface area contributed by atoms with Gasteiger partial charge in [-0.25, -0.2) is 4.98 Å². The van der Waals surface area contributed by atoms with Crippen molar-refractivity contribution in [1.82, 2.24) is 14.1 Å². The van der Waals surface area contributed by atoms with Gasteiger partial charge in [0.2, 0.25) is 0 Å². The van der Waals surface area contributed by atoms with Gasteiger partial charge in [0, 0.05) is 41.9 Å². The van der Waals surface area contributed by atoms with Gasteiger partial charge in [-0.15, -0.1) is 0 Å². The summed E-state index contributed by atoms with van der Waals surface area (Å²) in [5.41, 5.74) is 5.29. The lowest BCUT2D eigenvalue weighted by Crippen LogP contribution is -2.24. The number of nitrogens with zero attached hydrogens (tertiary/aromatic N) is 3. The fourth-order valence-corrected chi connectivity index (χ4v) is 4.55. The summed E-state index contributed by atoms with van der Waals surface area (Å²) in [6.45, 7) is 3.36. The highest BCUT2D eigenvalue weighted by Gasteiger charge is 2.13. The monoisotopic (exact) mass is 449 g/mol. The van der Waals surface area contributed by atoms with Crippen LogP contribution in [0.1, 0.15) is 29.1 Å². The number of aromatic nitrogens is 3. The molecule has 0 atom stereocenters. The van der Waals surface area contributed by atoms with Gasteiger partial charge >= 0.3 is 0 Å². The summed E-state index contributed by atoms with van der Waals surface area (Å²) in [6, 6.07) is 26.2. The number of hydrogen-bond donors (Lipinski definition) is 1. The third-order valence-corrected chi connectivity index (χ3v) is 6.29. The molecule has 1 N–H and O–H groups in total. The Hall–Kier alpha value is -3.96.